The van der Waals surface area contributed by atoms with Gasteiger partial charge in [0.15, 0.2) is 6.61 Å². The van der Waals surface area contributed by atoms with Gasteiger partial charge < -0.3 is 4.74 Å². The monoisotopic (exact) mass is 338 g/mol. The van der Waals surface area contributed by atoms with Crippen molar-refractivity contribution < 1.29 is 14.3 Å². The number of carbonyl (C=O) groups is 2. The maximum absolute atomic E-state index is 11.9. The molecule has 1 aliphatic rings. The number of rotatable bonds is 4. The minimum atomic E-state index is -0.337. The summed E-state index contributed by atoms with van der Waals surface area (Å²) in [6.07, 6.45) is 1.59. The first-order chi connectivity index (χ1) is 11.9. The van der Waals surface area contributed by atoms with Crippen molar-refractivity contribution in [1.82, 2.24) is 5.43 Å². The number of amides is 1. The summed E-state index contributed by atoms with van der Waals surface area (Å²) in [5.74, 6) is 0.462. The molecule has 5 nitrogen and oxygen atoms in total. The fourth-order valence-corrected chi connectivity index (χ4v) is 3.16. The van der Waals surface area contributed by atoms with E-state index in [9.17, 15) is 9.59 Å². The largest absolute Gasteiger partial charge is 0.484 e. The van der Waals surface area contributed by atoms with Crippen molar-refractivity contribution in [3.63, 3.8) is 0 Å². The van der Waals surface area contributed by atoms with E-state index in [-0.39, 0.29) is 23.7 Å². The van der Waals surface area contributed by atoms with E-state index in [4.69, 9.17) is 4.74 Å². The Labute approximate surface area is 147 Å². The Kier molecular flexibility index (Phi) is 4.83. The van der Waals surface area contributed by atoms with Crippen molar-refractivity contribution in [3.8, 4) is 5.75 Å². The number of nitrogens with one attached hydrogen (secondary N) is 1. The maximum Gasteiger partial charge on any atom is 0.277 e. The second kappa shape index (κ2) is 7.05. The van der Waals surface area contributed by atoms with Crippen LogP contribution in [-0.2, 0) is 9.59 Å². The van der Waals surface area contributed by atoms with E-state index in [1.807, 2.05) is 56.3 Å². The summed E-state index contributed by atoms with van der Waals surface area (Å²) >= 11 is 0. The average molecular weight is 338 g/mol. The number of nitrogens with zero attached hydrogens (tertiary/aromatic N) is 1. The van der Waals surface area contributed by atoms with E-state index >= 15 is 0 Å². The van der Waals surface area contributed by atoms with E-state index in [1.165, 1.54) is 0 Å². The Morgan fingerprint density at radius 2 is 1.92 bits per heavy atom. The highest BCUT2D eigenvalue weighted by atomic mass is 16.5. The Morgan fingerprint density at radius 1 is 1.16 bits per heavy atom. The number of ketones is 1. The van der Waals surface area contributed by atoms with Gasteiger partial charge in [0.05, 0.1) is 0 Å². The first kappa shape index (κ1) is 17.1. The van der Waals surface area contributed by atoms with Crippen molar-refractivity contribution in [2.45, 2.75) is 33.1 Å². The van der Waals surface area contributed by atoms with E-state index in [0.717, 1.165) is 16.5 Å². The molecule has 130 valence electrons. The molecule has 1 fully saturated rings. The molecule has 2 aromatic carbocycles. The van der Waals surface area contributed by atoms with Crippen LogP contribution in [0.1, 0.15) is 33.1 Å². The molecule has 0 bridgehead atoms. The minimum Gasteiger partial charge on any atom is -0.484 e. The zero-order valence-electron chi connectivity index (χ0n) is 14.5. The van der Waals surface area contributed by atoms with Gasteiger partial charge in [-0.15, -0.1) is 0 Å². The molecular formula is C20H22N2O3. The molecule has 0 radical (unpaired) electrons. The summed E-state index contributed by atoms with van der Waals surface area (Å²) in [5.41, 5.74) is 3.12. The molecule has 1 amide bonds. The Hall–Kier alpha value is -2.69. The number of Topliss-reactive ketones (excluding diaryl/α,β-unsaturated/α-hetero) is 1. The lowest BCUT2D eigenvalue weighted by Gasteiger charge is -2.28. The predicted octanol–water partition coefficient (Wildman–Crippen LogP) is 3.47. The van der Waals surface area contributed by atoms with Gasteiger partial charge in [-0.3, -0.25) is 9.59 Å². The van der Waals surface area contributed by atoms with Crippen LogP contribution in [0, 0.1) is 5.41 Å². The van der Waals surface area contributed by atoms with Crippen molar-refractivity contribution in [2.24, 2.45) is 10.5 Å². The molecule has 0 aliphatic heterocycles. The van der Waals surface area contributed by atoms with Gasteiger partial charge >= 0.3 is 0 Å². The lowest BCUT2D eigenvalue weighted by molar-refractivity contribution is -0.123. The normalized spacial score (nSPS) is 18.3. The average Bonchev–Trinajstić information content (AvgIpc) is 2.56. The molecule has 0 saturated heterocycles. The van der Waals surface area contributed by atoms with Gasteiger partial charge in [-0.1, -0.05) is 44.2 Å². The molecule has 0 spiro atoms. The fourth-order valence-electron chi connectivity index (χ4n) is 3.16. The lowest BCUT2D eigenvalue weighted by atomic mass is 9.76. The Balaban J connectivity index is 1.55. The second-order valence-corrected chi connectivity index (χ2v) is 7.24. The molecule has 1 N–H and O–H groups in total. The Morgan fingerprint density at radius 3 is 2.68 bits per heavy atom. The molecule has 25 heavy (non-hydrogen) atoms. The number of ether oxygens (including phenoxy) is 1. The number of fused-ring (bicyclic) bond motifs is 1. The Bertz CT molecular complexity index is 840. The van der Waals surface area contributed by atoms with Crippen LogP contribution in [0.5, 0.6) is 5.75 Å². The standard InChI is InChI=1S/C20H22N2O3/c1-20(2)11-16(10-17(23)12-20)21-22-19(24)13-25-18-8-7-14-5-3-4-6-15(14)9-18/h3-9H,10-13H2,1-2H3,(H,22,24)/b21-16+. The summed E-state index contributed by atoms with van der Waals surface area (Å²) < 4.78 is 5.53. The van der Waals surface area contributed by atoms with Gasteiger partial charge in [0.25, 0.3) is 5.91 Å². The SMILES string of the molecule is CC1(C)CC(=O)C/C(=N\NC(=O)COc2ccc3ccccc3c2)C1. The summed E-state index contributed by atoms with van der Waals surface area (Å²) in [6.45, 7) is 3.95. The molecule has 3 rings (SSSR count). The van der Waals surface area contributed by atoms with Crippen LogP contribution in [0.4, 0.5) is 0 Å². The van der Waals surface area contributed by atoms with Gasteiger partial charge in [0.2, 0.25) is 0 Å². The quantitative estimate of drug-likeness (QED) is 0.868. The molecule has 0 aromatic heterocycles. The van der Waals surface area contributed by atoms with Crippen molar-refractivity contribution in [3.05, 3.63) is 42.5 Å². The third kappa shape index (κ3) is 4.66. The van der Waals surface area contributed by atoms with Gasteiger partial charge in [0, 0.05) is 18.6 Å². The molecule has 1 aliphatic carbocycles. The fraction of sp³-hybridized carbons (Fsp3) is 0.350. The van der Waals surface area contributed by atoms with Crippen LogP contribution >= 0.6 is 0 Å². The summed E-state index contributed by atoms with van der Waals surface area (Å²) in [6, 6.07) is 13.7. The highest BCUT2D eigenvalue weighted by Gasteiger charge is 2.30. The topological polar surface area (TPSA) is 67.8 Å². The van der Waals surface area contributed by atoms with Crippen molar-refractivity contribution in [1.29, 1.82) is 0 Å². The molecule has 0 atom stereocenters. The van der Waals surface area contributed by atoms with Crippen LogP contribution in [0.3, 0.4) is 0 Å². The van der Waals surface area contributed by atoms with Crippen molar-refractivity contribution >= 4 is 28.2 Å². The van der Waals surface area contributed by atoms with Gasteiger partial charge in [-0.05, 0) is 34.7 Å². The van der Waals surface area contributed by atoms with Crippen LogP contribution in [0.2, 0.25) is 0 Å². The highest BCUT2D eigenvalue weighted by molar-refractivity contribution is 6.05. The number of hydrogen-bond acceptors (Lipinski definition) is 4. The van der Waals surface area contributed by atoms with Gasteiger partial charge in [-0.2, -0.15) is 5.10 Å². The lowest BCUT2D eigenvalue weighted by Crippen LogP contribution is -2.32. The molecule has 2 aromatic rings. The van der Waals surface area contributed by atoms with Crippen LogP contribution < -0.4 is 10.2 Å². The molecule has 5 heteroatoms. The zero-order chi connectivity index (χ0) is 17.9. The number of hydrogen-bond donors (Lipinski definition) is 1. The molecule has 1 saturated carbocycles. The maximum atomic E-state index is 11.9. The number of benzene rings is 2. The molecular weight excluding hydrogens is 316 g/mol. The summed E-state index contributed by atoms with van der Waals surface area (Å²) in [5, 5.41) is 6.29. The summed E-state index contributed by atoms with van der Waals surface area (Å²) in [4.78, 5) is 23.7. The smallest absolute Gasteiger partial charge is 0.277 e. The third-order valence-electron chi connectivity index (χ3n) is 4.19. The van der Waals surface area contributed by atoms with E-state index in [0.29, 0.717) is 25.0 Å². The minimum absolute atomic E-state index is 0.0967. The first-order valence-electron chi connectivity index (χ1n) is 8.39. The van der Waals surface area contributed by atoms with Crippen LogP contribution in [0.15, 0.2) is 47.6 Å². The number of carbonyl (C=O) groups excluding carboxylic acids is 2. The summed E-state index contributed by atoms with van der Waals surface area (Å²) in [7, 11) is 0. The van der Waals surface area contributed by atoms with E-state index < -0.39 is 0 Å². The van der Waals surface area contributed by atoms with Crippen LogP contribution in [-0.4, -0.2) is 24.0 Å². The predicted molar refractivity (Wildman–Crippen MR) is 97.7 cm³/mol. The molecule has 0 heterocycles. The van der Waals surface area contributed by atoms with E-state index in [1.54, 1.807) is 0 Å². The third-order valence-corrected chi connectivity index (χ3v) is 4.19. The highest BCUT2D eigenvalue weighted by Crippen LogP contribution is 2.31. The second-order valence-electron chi connectivity index (χ2n) is 7.24. The van der Waals surface area contributed by atoms with Crippen molar-refractivity contribution in [2.75, 3.05) is 6.61 Å². The van der Waals surface area contributed by atoms with Gasteiger partial charge in [-0.25, -0.2) is 5.43 Å². The van der Waals surface area contributed by atoms with Gasteiger partial charge in [0.1, 0.15) is 11.5 Å². The van der Waals surface area contributed by atoms with Crippen LogP contribution in [0.25, 0.3) is 10.8 Å². The number of hydrazone groups is 1. The zero-order valence-corrected chi connectivity index (χ0v) is 14.5. The molecule has 0 unspecified atom stereocenters. The first-order valence-corrected chi connectivity index (χ1v) is 8.39. The van der Waals surface area contributed by atoms with E-state index in [2.05, 4.69) is 10.5 Å².